The van der Waals surface area contributed by atoms with Crippen molar-refractivity contribution >= 4 is 38.9 Å². The Kier molecular flexibility index (Phi) is 9.57. The minimum Gasteiger partial charge on any atom is -0.310 e. The second-order valence-electron chi connectivity index (χ2n) is 15.8. The Morgan fingerprint density at radius 1 is 0.226 bits per heavy atom. The molecule has 0 saturated carbocycles. The van der Waals surface area contributed by atoms with Crippen LogP contribution in [0.3, 0.4) is 0 Å². The van der Waals surface area contributed by atoms with Crippen LogP contribution in [-0.2, 0) is 0 Å². The van der Waals surface area contributed by atoms with Crippen molar-refractivity contribution in [1.29, 1.82) is 0 Å². The van der Waals surface area contributed by atoms with Gasteiger partial charge in [0, 0.05) is 33.5 Å². The Hall–Kier alpha value is -8.20. The van der Waals surface area contributed by atoms with E-state index in [2.05, 4.69) is 264 Å². The molecule has 0 unspecified atom stereocenters. The summed E-state index contributed by atoms with van der Waals surface area (Å²) in [6, 6.07) is 92.0. The minimum absolute atomic E-state index is 1.10. The standard InChI is InChI=1S/C60H42N2/c1-4-14-43(15-5-1)46-26-33-53(34-27-46)61(54-35-28-47(29-36-54)44-16-6-2-7-17-44)56-23-13-22-51(41-56)49-20-12-21-50(40-49)52-32-39-60-58(42-52)57-24-10-11-25-59(57)62(60)55-37-30-48(31-38-55)45-18-8-3-9-19-45/h1-42H. The number of rotatable bonds is 9. The molecule has 2 nitrogen and oxygen atoms in total. The van der Waals surface area contributed by atoms with Crippen molar-refractivity contribution in [2.75, 3.05) is 4.90 Å². The Bertz CT molecular complexity index is 3210. The van der Waals surface area contributed by atoms with Gasteiger partial charge in [-0.2, -0.15) is 0 Å². The van der Waals surface area contributed by atoms with Crippen LogP contribution in [0, 0.1) is 0 Å². The summed E-state index contributed by atoms with van der Waals surface area (Å²) in [5.74, 6) is 0. The number of hydrogen-bond acceptors (Lipinski definition) is 1. The van der Waals surface area contributed by atoms with Crippen LogP contribution in [0.4, 0.5) is 17.1 Å². The zero-order valence-corrected chi connectivity index (χ0v) is 34.1. The third-order valence-electron chi connectivity index (χ3n) is 12.0. The van der Waals surface area contributed by atoms with Gasteiger partial charge < -0.3 is 9.47 Å². The predicted molar refractivity (Wildman–Crippen MR) is 263 cm³/mol. The first-order chi connectivity index (χ1) is 30.7. The van der Waals surface area contributed by atoms with Crippen molar-refractivity contribution in [2.45, 2.75) is 0 Å². The second-order valence-corrected chi connectivity index (χ2v) is 15.8. The van der Waals surface area contributed by atoms with Gasteiger partial charge in [0.05, 0.1) is 11.0 Å². The van der Waals surface area contributed by atoms with Crippen LogP contribution in [0.2, 0.25) is 0 Å². The zero-order valence-electron chi connectivity index (χ0n) is 34.1. The summed E-state index contributed by atoms with van der Waals surface area (Å²) < 4.78 is 2.39. The molecule has 1 heterocycles. The Morgan fingerprint density at radius 2 is 0.613 bits per heavy atom. The van der Waals surface area contributed by atoms with Gasteiger partial charge in [0.25, 0.3) is 0 Å². The van der Waals surface area contributed by atoms with E-state index >= 15 is 0 Å². The van der Waals surface area contributed by atoms with E-state index in [-0.39, 0.29) is 0 Å². The minimum atomic E-state index is 1.10. The molecular weight excluding hydrogens is 749 g/mol. The number of benzene rings is 10. The van der Waals surface area contributed by atoms with Gasteiger partial charge in [-0.25, -0.2) is 0 Å². The van der Waals surface area contributed by atoms with E-state index in [9.17, 15) is 0 Å². The first-order valence-electron chi connectivity index (χ1n) is 21.2. The van der Waals surface area contributed by atoms with Gasteiger partial charge >= 0.3 is 0 Å². The lowest BCUT2D eigenvalue weighted by Crippen LogP contribution is -2.10. The predicted octanol–water partition coefficient (Wildman–Crippen LogP) is 16.6. The lowest BCUT2D eigenvalue weighted by Gasteiger charge is -2.26. The molecule has 0 aliphatic heterocycles. The van der Waals surface area contributed by atoms with Crippen LogP contribution >= 0.6 is 0 Å². The fraction of sp³-hybridized carbons (Fsp3) is 0. The van der Waals surface area contributed by atoms with Crippen LogP contribution in [0.15, 0.2) is 255 Å². The molecule has 1 aromatic heterocycles. The van der Waals surface area contributed by atoms with Crippen LogP contribution < -0.4 is 4.90 Å². The Morgan fingerprint density at radius 3 is 1.16 bits per heavy atom. The van der Waals surface area contributed by atoms with Gasteiger partial charge in [-0.1, -0.05) is 182 Å². The van der Waals surface area contributed by atoms with E-state index < -0.39 is 0 Å². The van der Waals surface area contributed by atoms with E-state index in [1.54, 1.807) is 0 Å². The number of para-hydroxylation sites is 1. The van der Waals surface area contributed by atoms with Gasteiger partial charge in [0.2, 0.25) is 0 Å². The first kappa shape index (κ1) is 36.8. The Labute approximate surface area is 362 Å². The van der Waals surface area contributed by atoms with Crippen LogP contribution in [0.5, 0.6) is 0 Å². The molecule has 0 saturated heterocycles. The van der Waals surface area contributed by atoms with Gasteiger partial charge in [0.1, 0.15) is 0 Å². The molecule has 0 fully saturated rings. The summed E-state index contributed by atoms with van der Waals surface area (Å²) in [6.07, 6.45) is 0. The molecule has 0 spiro atoms. The molecule has 0 atom stereocenters. The highest BCUT2D eigenvalue weighted by molar-refractivity contribution is 6.10. The van der Waals surface area contributed by atoms with E-state index in [1.807, 2.05) is 0 Å². The highest BCUT2D eigenvalue weighted by Gasteiger charge is 2.16. The average Bonchev–Trinajstić information content (AvgIpc) is 3.69. The first-order valence-corrected chi connectivity index (χ1v) is 21.2. The number of fused-ring (bicyclic) bond motifs is 3. The van der Waals surface area contributed by atoms with Crippen LogP contribution in [-0.4, -0.2) is 4.57 Å². The van der Waals surface area contributed by atoms with E-state index in [0.717, 1.165) is 28.3 Å². The molecule has 11 aromatic rings. The SMILES string of the molecule is c1ccc(-c2ccc(N(c3ccc(-c4ccccc4)cc3)c3cccc(-c4cccc(-c5ccc6c(c5)c5ccccc5n6-c5ccc(-c6ccccc6)cc5)c4)c3)cc2)cc1. The van der Waals surface area contributed by atoms with E-state index in [1.165, 1.54) is 71.9 Å². The van der Waals surface area contributed by atoms with Gasteiger partial charge in [-0.15, -0.1) is 0 Å². The molecular formula is C60H42N2. The quantitative estimate of drug-likeness (QED) is 0.141. The van der Waals surface area contributed by atoms with Crippen molar-refractivity contribution in [2.24, 2.45) is 0 Å². The van der Waals surface area contributed by atoms with Crippen molar-refractivity contribution in [3.63, 3.8) is 0 Å². The summed E-state index contributed by atoms with van der Waals surface area (Å²) in [7, 11) is 0. The van der Waals surface area contributed by atoms with Crippen molar-refractivity contribution in [3.05, 3.63) is 255 Å². The zero-order chi connectivity index (χ0) is 41.2. The maximum atomic E-state index is 2.39. The molecule has 0 aliphatic carbocycles. The van der Waals surface area contributed by atoms with Gasteiger partial charge in [-0.05, 0) is 128 Å². The highest BCUT2D eigenvalue weighted by atomic mass is 15.1. The number of hydrogen-bond donors (Lipinski definition) is 0. The normalized spacial score (nSPS) is 11.2. The molecule has 0 aliphatic rings. The summed E-state index contributed by atoms with van der Waals surface area (Å²) >= 11 is 0. The van der Waals surface area contributed by atoms with Crippen molar-refractivity contribution in [1.82, 2.24) is 4.57 Å². The number of anilines is 3. The maximum Gasteiger partial charge on any atom is 0.0541 e. The largest absolute Gasteiger partial charge is 0.310 e. The van der Waals surface area contributed by atoms with Crippen LogP contribution in [0.1, 0.15) is 0 Å². The molecule has 11 rings (SSSR count). The highest BCUT2D eigenvalue weighted by Crippen LogP contribution is 2.40. The molecule has 2 heteroatoms. The molecule has 0 amide bonds. The third-order valence-corrected chi connectivity index (χ3v) is 12.0. The number of aromatic nitrogens is 1. The van der Waals surface area contributed by atoms with Gasteiger partial charge in [-0.3, -0.25) is 0 Å². The van der Waals surface area contributed by atoms with E-state index in [4.69, 9.17) is 0 Å². The molecule has 0 N–H and O–H groups in total. The summed E-state index contributed by atoms with van der Waals surface area (Å²) in [6.45, 7) is 0. The molecule has 10 aromatic carbocycles. The summed E-state index contributed by atoms with van der Waals surface area (Å²) in [5, 5.41) is 2.49. The molecule has 292 valence electrons. The Balaban J connectivity index is 0.951. The maximum absolute atomic E-state index is 2.39. The smallest absolute Gasteiger partial charge is 0.0541 e. The fourth-order valence-corrected chi connectivity index (χ4v) is 8.88. The summed E-state index contributed by atoms with van der Waals surface area (Å²) in [4.78, 5) is 2.36. The third kappa shape index (κ3) is 7.04. The topological polar surface area (TPSA) is 8.17 Å². The van der Waals surface area contributed by atoms with Crippen LogP contribution in [0.25, 0.3) is 83.1 Å². The van der Waals surface area contributed by atoms with E-state index in [0.29, 0.717) is 0 Å². The average molecular weight is 791 g/mol. The summed E-state index contributed by atoms with van der Waals surface area (Å²) in [5.41, 5.74) is 18.8. The van der Waals surface area contributed by atoms with Crippen molar-refractivity contribution < 1.29 is 0 Å². The monoisotopic (exact) mass is 790 g/mol. The lowest BCUT2D eigenvalue weighted by atomic mass is 9.97. The molecule has 62 heavy (non-hydrogen) atoms. The molecule has 0 bridgehead atoms. The fourth-order valence-electron chi connectivity index (χ4n) is 8.88. The van der Waals surface area contributed by atoms with Crippen molar-refractivity contribution in [3.8, 4) is 61.3 Å². The molecule has 0 radical (unpaired) electrons. The second kappa shape index (κ2) is 16.1. The lowest BCUT2D eigenvalue weighted by molar-refractivity contribution is 1.18. The van der Waals surface area contributed by atoms with Gasteiger partial charge in [0.15, 0.2) is 0 Å². The number of nitrogens with zero attached hydrogens (tertiary/aromatic N) is 2.